The normalized spacial score (nSPS) is 13.2. The molecule has 0 atom stereocenters. The molecule has 8 aromatic carbocycles. The van der Waals surface area contributed by atoms with Crippen LogP contribution in [0.2, 0.25) is 0 Å². The lowest BCUT2D eigenvalue weighted by Gasteiger charge is -2.28. The van der Waals surface area contributed by atoms with Crippen molar-refractivity contribution < 1.29 is 4.74 Å². The van der Waals surface area contributed by atoms with Gasteiger partial charge < -0.3 is 9.64 Å². The summed E-state index contributed by atoms with van der Waals surface area (Å²) in [5, 5.41) is 2.36. The zero-order chi connectivity index (χ0) is 34.1. The maximum Gasteiger partial charge on any atom is 0.135 e. The molecular formula is C49H35NO. The molecule has 0 saturated carbocycles. The van der Waals surface area contributed by atoms with Crippen molar-refractivity contribution in [3.63, 3.8) is 0 Å². The van der Waals surface area contributed by atoms with Crippen molar-refractivity contribution in [2.75, 3.05) is 4.90 Å². The van der Waals surface area contributed by atoms with Gasteiger partial charge in [0.2, 0.25) is 0 Å². The van der Waals surface area contributed by atoms with Gasteiger partial charge in [0, 0.05) is 33.4 Å². The van der Waals surface area contributed by atoms with Gasteiger partial charge in [-0.25, -0.2) is 0 Å². The van der Waals surface area contributed by atoms with Crippen molar-refractivity contribution >= 4 is 27.8 Å². The third-order valence-electron chi connectivity index (χ3n) is 10.9. The lowest BCUT2D eigenvalue weighted by atomic mass is 9.82. The molecule has 8 aromatic rings. The van der Waals surface area contributed by atoms with Crippen LogP contribution in [0.3, 0.4) is 0 Å². The van der Waals surface area contributed by atoms with E-state index < -0.39 is 0 Å². The number of rotatable bonds is 5. The van der Waals surface area contributed by atoms with Gasteiger partial charge in [0.1, 0.15) is 11.5 Å². The molecule has 242 valence electrons. The molecule has 0 spiro atoms. The summed E-state index contributed by atoms with van der Waals surface area (Å²) < 4.78 is 6.39. The molecule has 0 bridgehead atoms. The van der Waals surface area contributed by atoms with Crippen molar-refractivity contribution in [3.05, 3.63) is 187 Å². The second-order valence-corrected chi connectivity index (χ2v) is 14.1. The Labute approximate surface area is 298 Å². The van der Waals surface area contributed by atoms with Crippen LogP contribution in [0.4, 0.5) is 17.1 Å². The molecule has 1 heterocycles. The predicted molar refractivity (Wildman–Crippen MR) is 213 cm³/mol. The quantitative estimate of drug-likeness (QED) is 0.183. The first-order valence-electron chi connectivity index (χ1n) is 17.7. The molecule has 1 aliphatic carbocycles. The van der Waals surface area contributed by atoms with E-state index in [4.69, 9.17) is 4.74 Å². The van der Waals surface area contributed by atoms with E-state index in [1.54, 1.807) is 0 Å². The summed E-state index contributed by atoms with van der Waals surface area (Å²) in [6.45, 7) is 4.69. The van der Waals surface area contributed by atoms with Crippen molar-refractivity contribution in [2.45, 2.75) is 19.3 Å². The van der Waals surface area contributed by atoms with E-state index in [2.05, 4.69) is 183 Å². The fourth-order valence-corrected chi connectivity index (χ4v) is 8.33. The summed E-state index contributed by atoms with van der Waals surface area (Å²) in [6.07, 6.45) is 0. The minimum absolute atomic E-state index is 0.0898. The standard InChI is InChI=1S/C49H35NO/c1-49(2)44-16-8-6-13-39(44)40-28-27-37(31-45(40)49)50(35-23-19-33(20-24-35)32-11-4-3-5-12-32)36-25-21-34(22-26-36)38-29-30-43-41-14-7-9-17-46(41)51-47-18-10-15-42(38)48(43)47/h3-31H,1-2H3. The zero-order valence-electron chi connectivity index (χ0n) is 28.6. The van der Waals surface area contributed by atoms with Gasteiger partial charge in [0.15, 0.2) is 0 Å². The lowest BCUT2D eigenvalue weighted by Crippen LogP contribution is -2.16. The predicted octanol–water partition coefficient (Wildman–Crippen LogP) is 13.7. The van der Waals surface area contributed by atoms with Crippen LogP contribution >= 0.6 is 0 Å². The number of fused-ring (bicyclic) bond motifs is 5. The van der Waals surface area contributed by atoms with Gasteiger partial charge in [-0.05, 0) is 104 Å². The Morgan fingerprint density at radius 1 is 0.392 bits per heavy atom. The molecule has 2 nitrogen and oxygen atoms in total. The summed E-state index contributed by atoms with van der Waals surface area (Å²) in [7, 11) is 0. The summed E-state index contributed by atoms with van der Waals surface area (Å²) in [4.78, 5) is 2.39. The summed E-state index contributed by atoms with van der Waals surface area (Å²) in [6, 6.07) is 63.6. The van der Waals surface area contributed by atoms with Crippen LogP contribution in [-0.4, -0.2) is 0 Å². The van der Waals surface area contributed by atoms with Crippen LogP contribution in [-0.2, 0) is 5.41 Å². The molecule has 0 aromatic heterocycles. The average Bonchev–Trinajstić information content (AvgIpc) is 3.41. The van der Waals surface area contributed by atoms with E-state index in [1.807, 2.05) is 12.1 Å². The van der Waals surface area contributed by atoms with Crippen LogP contribution in [0.5, 0.6) is 11.5 Å². The molecule has 2 aliphatic rings. The Balaban J connectivity index is 1.08. The van der Waals surface area contributed by atoms with E-state index in [1.165, 1.54) is 60.8 Å². The maximum absolute atomic E-state index is 6.39. The Morgan fingerprint density at radius 3 is 1.75 bits per heavy atom. The van der Waals surface area contributed by atoms with E-state index >= 15 is 0 Å². The number of para-hydroxylation sites is 1. The number of hydrogen-bond acceptors (Lipinski definition) is 2. The number of ether oxygens (including phenoxy) is 1. The summed E-state index contributed by atoms with van der Waals surface area (Å²) >= 11 is 0. The Hall–Kier alpha value is -6.38. The van der Waals surface area contributed by atoms with Crippen molar-refractivity contribution in [1.29, 1.82) is 0 Å². The van der Waals surface area contributed by atoms with Gasteiger partial charge in [-0.3, -0.25) is 0 Å². The number of nitrogens with zero attached hydrogens (tertiary/aromatic N) is 1. The molecule has 1 aliphatic heterocycles. The third kappa shape index (κ3) is 4.64. The van der Waals surface area contributed by atoms with Gasteiger partial charge in [0.25, 0.3) is 0 Å². The van der Waals surface area contributed by atoms with Crippen LogP contribution < -0.4 is 9.64 Å². The van der Waals surface area contributed by atoms with Crippen LogP contribution in [0, 0.1) is 0 Å². The molecule has 0 fully saturated rings. The SMILES string of the molecule is CC1(C)c2ccccc2-c2ccc(N(c3ccc(-c4ccccc4)cc3)c3ccc(-c4ccc5c6c(cccc46)Oc4ccccc4-5)cc3)cc21. The van der Waals surface area contributed by atoms with Crippen LogP contribution in [0.15, 0.2) is 176 Å². The van der Waals surface area contributed by atoms with Crippen molar-refractivity contribution in [3.8, 4) is 56.0 Å². The van der Waals surface area contributed by atoms with Crippen molar-refractivity contribution in [2.24, 2.45) is 0 Å². The lowest BCUT2D eigenvalue weighted by molar-refractivity contribution is 0.487. The highest BCUT2D eigenvalue weighted by atomic mass is 16.5. The Bertz CT molecular complexity index is 2620. The highest BCUT2D eigenvalue weighted by Crippen LogP contribution is 2.51. The van der Waals surface area contributed by atoms with Gasteiger partial charge in [-0.1, -0.05) is 141 Å². The second-order valence-electron chi connectivity index (χ2n) is 14.1. The first-order valence-corrected chi connectivity index (χ1v) is 17.7. The van der Waals surface area contributed by atoms with Gasteiger partial charge in [-0.2, -0.15) is 0 Å². The Kier molecular flexibility index (Phi) is 6.56. The topological polar surface area (TPSA) is 12.5 Å². The average molecular weight is 654 g/mol. The Morgan fingerprint density at radius 2 is 0.961 bits per heavy atom. The zero-order valence-corrected chi connectivity index (χ0v) is 28.6. The largest absolute Gasteiger partial charge is 0.456 e. The molecular weight excluding hydrogens is 619 g/mol. The fourth-order valence-electron chi connectivity index (χ4n) is 8.33. The minimum Gasteiger partial charge on any atom is -0.456 e. The number of anilines is 3. The van der Waals surface area contributed by atoms with E-state index in [9.17, 15) is 0 Å². The monoisotopic (exact) mass is 653 g/mol. The van der Waals surface area contributed by atoms with E-state index in [0.29, 0.717) is 0 Å². The molecule has 51 heavy (non-hydrogen) atoms. The van der Waals surface area contributed by atoms with E-state index in [-0.39, 0.29) is 5.41 Å². The number of benzene rings is 8. The highest BCUT2D eigenvalue weighted by Gasteiger charge is 2.35. The van der Waals surface area contributed by atoms with Gasteiger partial charge >= 0.3 is 0 Å². The van der Waals surface area contributed by atoms with Gasteiger partial charge in [0.05, 0.1) is 0 Å². The third-order valence-corrected chi connectivity index (χ3v) is 10.9. The second kappa shape index (κ2) is 11.3. The van der Waals surface area contributed by atoms with Gasteiger partial charge in [-0.15, -0.1) is 0 Å². The first kappa shape index (κ1) is 29.5. The summed E-state index contributed by atoms with van der Waals surface area (Å²) in [5.74, 6) is 1.82. The maximum atomic E-state index is 6.39. The minimum atomic E-state index is -0.0898. The molecule has 0 amide bonds. The molecule has 0 unspecified atom stereocenters. The molecule has 2 heteroatoms. The smallest absolute Gasteiger partial charge is 0.135 e. The van der Waals surface area contributed by atoms with E-state index in [0.717, 1.165) is 34.1 Å². The molecule has 10 rings (SSSR count). The van der Waals surface area contributed by atoms with Crippen LogP contribution in [0.1, 0.15) is 25.0 Å². The first-order chi connectivity index (χ1) is 25.0. The molecule has 0 saturated heterocycles. The molecule has 0 N–H and O–H groups in total. The molecule has 0 radical (unpaired) electrons. The van der Waals surface area contributed by atoms with Crippen molar-refractivity contribution in [1.82, 2.24) is 0 Å². The number of hydrogen-bond donors (Lipinski definition) is 0. The highest BCUT2D eigenvalue weighted by molar-refractivity contribution is 6.10. The fraction of sp³-hybridized carbons (Fsp3) is 0.0612. The van der Waals surface area contributed by atoms with Crippen LogP contribution in [0.25, 0.3) is 55.3 Å². The summed E-state index contributed by atoms with van der Waals surface area (Å²) in [5.41, 5.74) is 15.8.